The predicted molar refractivity (Wildman–Crippen MR) is 99.2 cm³/mol. The van der Waals surface area contributed by atoms with Gasteiger partial charge in [-0.15, -0.1) is 0 Å². The van der Waals surface area contributed by atoms with Gasteiger partial charge in [0, 0.05) is 0 Å². The minimum Gasteiger partial charge on any atom is -0.0654 e. The molecular weight excluding hydrogens is 264 g/mol. The topological polar surface area (TPSA) is 0 Å². The van der Waals surface area contributed by atoms with Crippen molar-refractivity contribution in [2.45, 2.75) is 118 Å². The van der Waals surface area contributed by atoms with Crippen molar-refractivity contribution >= 4 is 0 Å². The van der Waals surface area contributed by atoms with Crippen molar-refractivity contribution in [1.29, 1.82) is 0 Å². The SMILES string of the molecule is CCCC(C)(C1CCCCC1)C(C)(CCC)C1CCCCC1. The van der Waals surface area contributed by atoms with Crippen LogP contribution in [0.15, 0.2) is 0 Å². The highest BCUT2D eigenvalue weighted by molar-refractivity contribution is 5.01. The standard InChI is InChI=1S/C22H42/c1-5-17-21(3,19-13-9-7-10-14-19)22(4,18-6-2)20-15-11-8-12-16-20/h19-20H,5-18H2,1-4H3. The van der Waals surface area contributed by atoms with E-state index in [1.165, 1.54) is 89.9 Å². The van der Waals surface area contributed by atoms with Crippen LogP contribution in [0.25, 0.3) is 0 Å². The van der Waals surface area contributed by atoms with Gasteiger partial charge in [-0.2, -0.15) is 0 Å². The van der Waals surface area contributed by atoms with E-state index in [0.29, 0.717) is 10.8 Å². The van der Waals surface area contributed by atoms with E-state index in [1.54, 1.807) is 0 Å². The lowest BCUT2D eigenvalue weighted by Crippen LogP contribution is -2.49. The maximum Gasteiger partial charge on any atom is -0.0241 e. The molecule has 0 aromatic rings. The molecule has 2 rings (SSSR count). The summed E-state index contributed by atoms with van der Waals surface area (Å²) in [6.45, 7) is 10.3. The van der Waals surface area contributed by atoms with Gasteiger partial charge in [-0.25, -0.2) is 0 Å². The van der Waals surface area contributed by atoms with E-state index < -0.39 is 0 Å². The Morgan fingerprint density at radius 3 is 1.18 bits per heavy atom. The minimum atomic E-state index is 0.584. The second kappa shape index (κ2) is 8.20. The largest absolute Gasteiger partial charge is 0.0654 e. The lowest BCUT2D eigenvalue weighted by Gasteiger charge is -2.57. The highest BCUT2D eigenvalue weighted by atomic mass is 14.6. The average molecular weight is 307 g/mol. The van der Waals surface area contributed by atoms with Crippen molar-refractivity contribution in [3.63, 3.8) is 0 Å². The lowest BCUT2D eigenvalue weighted by molar-refractivity contribution is -0.0778. The third-order valence-corrected chi connectivity index (χ3v) is 7.86. The summed E-state index contributed by atoms with van der Waals surface area (Å²) in [4.78, 5) is 0. The molecular formula is C22H42. The molecule has 0 saturated heterocycles. The van der Waals surface area contributed by atoms with E-state index in [4.69, 9.17) is 0 Å². The third-order valence-electron chi connectivity index (χ3n) is 7.86. The molecule has 0 nitrogen and oxygen atoms in total. The van der Waals surface area contributed by atoms with Gasteiger partial charge in [-0.05, 0) is 61.2 Å². The number of hydrogen-bond donors (Lipinski definition) is 0. The van der Waals surface area contributed by atoms with Gasteiger partial charge in [0.2, 0.25) is 0 Å². The van der Waals surface area contributed by atoms with Gasteiger partial charge in [0.05, 0.1) is 0 Å². The van der Waals surface area contributed by atoms with E-state index in [0.717, 1.165) is 11.8 Å². The van der Waals surface area contributed by atoms with Gasteiger partial charge in [0.25, 0.3) is 0 Å². The summed E-state index contributed by atoms with van der Waals surface area (Å²) >= 11 is 0. The highest BCUT2D eigenvalue weighted by Crippen LogP contribution is 2.60. The molecule has 2 aliphatic carbocycles. The normalized spacial score (nSPS) is 27.3. The third kappa shape index (κ3) is 3.57. The summed E-state index contributed by atoms with van der Waals surface area (Å²) < 4.78 is 0. The monoisotopic (exact) mass is 306 g/mol. The van der Waals surface area contributed by atoms with E-state index in [-0.39, 0.29) is 0 Å². The summed E-state index contributed by atoms with van der Waals surface area (Å²) in [7, 11) is 0. The van der Waals surface area contributed by atoms with Crippen molar-refractivity contribution in [2.24, 2.45) is 22.7 Å². The van der Waals surface area contributed by atoms with Gasteiger partial charge in [-0.3, -0.25) is 0 Å². The second-order valence-electron chi connectivity index (χ2n) is 9.00. The van der Waals surface area contributed by atoms with Crippen LogP contribution in [-0.2, 0) is 0 Å². The van der Waals surface area contributed by atoms with Crippen molar-refractivity contribution in [3.8, 4) is 0 Å². The Bertz CT molecular complexity index is 276. The first-order valence-electron chi connectivity index (χ1n) is 10.6. The molecule has 2 aliphatic rings. The smallest absolute Gasteiger partial charge is 0.0241 e. The van der Waals surface area contributed by atoms with E-state index >= 15 is 0 Å². The first-order chi connectivity index (χ1) is 10.6. The summed E-state index contributed by atoms with van der Waals surface area (Å²) in [5.41, 5.74) is 1.17. The molecule has 2 unspecified atom stereocenters. The summed E-state index contributed by atoms with van der Waals surface area (Å²) in [6.07, 6.45) is 20.7. The Morgan fingerprint density at radius 1 is 0.591 bits per heavy atom. The van der Waals surface area contributed by atoms with Gasteiger partial charge < -0.3 is 0 Å². The Labute approximate surface area is 140 Å². The molecule has 0 bridgehead atoms. The zero-order chi connectivity index (χ0) is 16.1. The fourth-order valence-corrected chi connectivity index (χ4v) is 6.43. The number of hydrogen-bond acceptors (Lipinski definition) is 0. The second-order valence-corrected chi connectivity index (χ2v) is 9.00. The highest BCUT2D eigenvalue weighted by Gasteiger charge is 2.51. The Kier molecular flexibility index (Phi) is 6.84. The molecule has 0 amide bonds. The van der Waals surface area contributed by atoms with Crippen LogP contribution in [0, 0.1) is 22.7 Å². The molecule has 2 saturated carbocycles. The zero-order valence-electron chi connectivity index (χ0n) is 16.1. The van der Waals surface area contributed by atoms with Crippen LogP contribution in [0.1, 0.15) is 118 Å². The Morgan fingerprint density at radius 2 is 0.909 bits per heavy atom. The zero-order valence-corrected chi connectivity index (χ0v) is 16.1. The van der Waals surface area contributed by atoms with Crippen molar-refractivity contribution < 1.29 is 0 Å². The van der Waals surface area contributed by atoms with E-state index in [2.05, 4.69) is 27.7 Å². The summed E-state index contributed by atoms with van der Waals surface area (Å²) in [6, 6.07) is 0. The first kappa shape index (κ1) is 18.3. The van der Waals surface area contributed by atoms with Crippen LogP contribution in [0.4, 0.5) is 0 Å². The van der Waals surface area contributed by atoms with Crippen LogP contribution in [0.3, 0.4) is 0 Å². The molecule has 2 fully saturated rings. The van der Waals surface area contributed by atoms with Crippen LogP contribution < -0.4 is 0 Å². The minimum absolute atomic E-state index is 0.584. The van der Waals surface area contributed by atoms with Crippen LogP contribution >= 0.6 is 0 Å². The molecule has 0 heterocycles. The van der Waals surface area contributed by atoms with Crippen molar-refractivity contribution in [2.75, 3.05) is 0 Å². The molecule has 0 spiro atoms. The van der Waals surface area contributed by atoms with Crippen LogP contribution in [-0.4, -0.2) is 0 Å². The van der Waals surface area contributed by atoms with Crippen molar-refractivity contribution in [3.05, 3.63) is 0 Å². The molecule has 2 atom stereocenters. The quantitative estimate of drug-likeness (QED) is 0.451. The van der Waals surface area contributed by atoms with E-state index in [9.17, 15) is 0 Å². The van der Waals surface area contributed by atoms with Gasteiger partial charge in [-0.1, -0.05) is 79.1 Å². The van der Waals surface area contributed by atoms with Crippen LogP contribution in [0.5, 0.6) is 0 Å². The fraction of sp³-hybridized carbons (Fsp3) is 1.00. The summed E-state index contributed by atoms with van der Waals surface area (Å²) in [5.74, 6) is 2.00. The summed E-state index contributed by atoms with van der Waals surface area (Å²) in [5, 5.41) is 0. The molecule has 0 N–H and O–H groups in total. The predicted octanol–water partition coefficient (Wildman–Crippen LogP) is 7.76. The number of rotatable bonds is 7. The van der Waals surface area contributed by atoms with Crippen molar-refractivity contribution in [1.82, 2.24) is 0 Å². The van der Waals surface area contributed by atoms with Crippen LogP contribution in [0.2, 0.25) is 0 Å². The van der Waals surface area contributed by atoms with Gasteiger partial charge in [0.1, 0.15) is 0 Å². The molecule has 130 valence electrons. The maximum atomic E-state index is 2.72. The first-order valence-corrected chi connectivity index (χ1v) is 10.6. The Hall–Kier alpha value is 0. The molecule has 0 aliphatic heterocycles. The van der Waals surface area contributed by atoms with Gasteiger partial charge in [0.15, 0.2) is 0 Å². The molecule has 22 heavy (non-hydrogen) atoms. The average Bonchev–Trinajstić information content (AvgIpc) is 2.56. The molecule has 0 aromatic carbocycles. The Balaban J connectivity index is 2.29. The fourth-order valence-electron chi connectivity index (χ4n) is 6.43. The lowest BCUT2D eigenvalue weighted by atomic mass is 9.48. The molecule has 0 heteroatoms. The van der Waals surface area contributed by atoms with E-state index in [1.807, 2.05) is 0 Å². The van der Waals surface area contributed by atoms with Gasteiger partial charge >= 0.3 is 0 Å². The maximum absolute atomic E-state index is 2.72. The molecule has 0 aromatic heterocycles. The molecule has 0 radical (unpaired) electrons.